The first-order valence-electron chi connectivity index (χ1n) is 11.9. The van der Waals surface area contributed by atoms with E-state index in [2.05, 4.69) is 55.1 Å². The topological polar surface area (TPSA) is 66.9 Å². The van der Waals surface area contributed by atoms with Gasteiger partial charge in [-0.05, 0) is 75.9 Å². The van der Waals surface area contributed by atoms with Crippen LogP contribution >= 0.6 is 0 Å². The summed E-state index contributed by atoms with van der Waals surface area (Å²) in [5, 5.41) is 8.37. The molecule has 1 aliphatic heterocycles. The standard InChI is InChI=1S/C26H32N6O/c1-5-10-27-26(4)8-11-30(12-9-26)20-6-7-24-28-21(15-25(33)31(24)17-20)22-14-23-19(3)13-18(2)16-32(23)29-22/h6-7,13-17,27H,5,8-12H2,1-4H3. The molecule has 5 rings (SSSR count). The van der Waals surface area contributed by atoms with Gasteiger partial charge in [-0.25, -0.2) is 9.50 Å². The first kappa shape index (κ1) is 21.6. The van der Waals surface area contributed by atoms with E-state index >= 15 is 0 Å². The zero-order chi connectivity index (χ0) is 23.2. The van der Waals surface area contributed by atoms with Crippen LogP contribution in [0.25, 0.3) is 22.6 Å². The summed E-state index contributed by atoms with van der Waals surface area (Å²) < 4.78 is 3.51. The molecule has 0 amide bonds. The molecule has 7 nitrogen and oxygen atoms in total. The minimum absolute atomic E-state index is 0.0896. The number of nitrogens with one attached hydrogen (secondary N) is 1. The van der Waals surface area contributed by atoms with Crippen LogP contribution in [0.1, 0.15) is 44.2 Å². The van der Waals surface area contributed by atoms with Gasteiger partial charge in [-0.15, -0.1) is 0 Å². The molecule has 7 heteroatoms. The molecule has 33 heavy (non-hydrogen) atoms. The molecule has 1 fully saturated rings. The molecule has 1 aliphatic rings. The Morgan fingerprint density at radius 3 is 2.61 bits per heavy atom. The maximum Gasteiger partial charge on any atom is 0.258 e. The van der Waals surface area contributed by atoms with Gasteiger partial charge in [0.05, 0.1) is 16.9 Å². The lowest BCUT2D eigenvalue weighted by Crippen LogP contribution is -2.51. The van der Waals surface area contributed by atoms with Crippen molar-refractivity contribution in [2.75, 3.05) is 24.5 Å². The van der Waals surface area contributed by atoms with Crippen LogP contribution in [0.15, 0.2) is 47.5 Å². The molecule has 0 unspecified atom stereocenters. The average Bonchev–Trinajstić information content (AvgIpc) is 3.23. The predicted molar refractivity (Wildman–Crippen MR) is 133 cm³/mol. The van der Waals surface area contributed by atoms with E-state index in [0.717, 1.165) is 61.2 Å². The van der Waals surface area contributed by atoms with Crippen LogP contribution in [0.5, 0.6) is 0 Å². The molecule has 172 valence electrons. The van der Waals surface area contributed by atoms with Gasteiger partial charge in [0.15, 0.2) is 0 Å². The van der Waals surface area contributed by atoms with Crippen LogP contribution in [-0.2, 0) is 0 Å². The highest BCUT2D eigenvalue weighted by atomic mass is 16.1. The maximum absolute atomic E-state index is 13.0. The van der Waals surface area contributed by atoms with Crippen LogP contribution in [0.2, 0.25) is 0 Å². The number of anilines is 1. The quantitative estimate of drug-likeness (QED) is 0.504. The Morgan fingerprint density at radius 2 is 1.85 bits per heavy atom. The lowest BCUT2D eigenvalue weighted by molar-refractivity contribution is 0.285. The third-order valence-corrected chi connectivity index (χ3v) is 6.85. The van der Waals surface area contributed by atoms with Crippen LogP contribution in [0, 0.1) is 13.8 Å². The molecule has 1 N–H and O–H groups in total. The summed E-state index contributed by atoms with van der Waals surface area (Å²) >= 11 is 0. The number of piperidine rings is 1. The maximum atomic E-state index is 13.0. The van der Waals surface area contributed by atoms with Gasteiger partial charge in [0.25, 0.3) is 5.56 Å². The normalized spacial score (nSPS) is 16.1. The highest BCUT2D eigenvalue weighted by Crippen LogP contribution is 2.27. The first-order valence-corrected chi connectivity index (χ1v) is 11.9. The molecule has 0 aromatic carbocycles. The van der Waals surface area contributed by atoms with E-state index < -0.39 is 0 Å². The van der Waals surface area contributed by atoms with Crippen molar-refractivity contribution in [3.8, 4) is 11.4 Å². The zero-order valence-corrected chi connectivity index (χ0v) is 19.9. The van der Waals surface area contributed by atoms with Gasteiger partial charge in [0.1, 0.15) is 11.3 Å². The van der Waals surface area contributed by atoms with Gasteiger partial charge in [0, 0.05) is 37.1 Å². The van der Waals surface area contributed by atoms with Gasteiger partial charge in [-0.2, -0.15) is 5.10 Å². The Hall–Kier alpha value is -3.19. The van der Waals surface area contributed by atoms with Gasteiger partial charge < -0.3 is 10.2 Å². The van der Waals surface area contributed by atoms with Crippen LogP contribution in [0.4, 0.5) is 5.69 Å². The van der Waals surface area contributed by atoms with E-state index in [9.17, 15) is 4.79 Å². The van der Waals surface area contributed by atoms with Crippen molar-refractivity contribution in [3.05, 3.63) is 64.2 Å². The fourth-order valence-corrected chi connectivity index (χ4v) is 4.83. The Kier molecular flexibility index (Phi) is 5.44. The van der Waals surface area contributed by atoms with Crippen molar-refractivity contribution in [2.24, 2.45) is 0 Å². The summed E-state index contributed by atoms with van der Waals surface area (Å²) in [5.74, 6) is 0. The molecule has 0 atom stereocenters. The highest BCUT2D eigenvalue weighted by Gasteiger charge is 2.29. The number of hydrogen-bond donors (Lipinski definition) is 1. The first-order chi connectivity index (χ1) is 15.8. The van der Waals surface area contributed by atoms with E-state index in [4.69, 9.17) is 4.98 Å². The van der Waals surface area contributed by atoms with E-state index in [1.165, 1.54) is 0 Å². The smallest absolute Gasteiger partial charge is 0.258 e. The summed E-state index contributed by atoms with van der Waals surface area (Å²) in [6.07, 6.45) is 7.24. The number of aromatic nitrogens is 4. The lowest BCUT2D eigenvalue weighted by atomic mass is 9.89. The molecule has 0 saturated carbocycles. The fraction of sp³-hybridized carbons (Fsp3) is 0.423. The second-order valence-corrected chi connectivity index (χ2v) is 9.63. The Morgan fingerprint density at radius 1 is 1.06 bits per heavy atom. The third kappa shape index (κ3) is 4.13. The molecular formula is C26H32N6O. The summed E-state index contributed by atoms with van der Waals surface area (Å²) in [4.78, 5) is 20.1. The third-order valence-electron chi connectivity index (χ3n) is 6.85. The number of aryl methyl sites for hydroxylation is 2. The molecule has 4 aromatic rings. The molecule has 4 aromatic heterocycles. The van der Waals surface area contributed by atoms with Crippen molar-refractivity contribution in [1.82, 2.24) is 24.3 Å². The number of fused-ring (bicyclic) bond motifs is 2. The summed E-state index contributed by atoms with van der Waals surface area (Å²) in [7, 11) is 0. The number of hydrogen-bond acceptors (Lipinski definition) is 5. The molecule has 0 spiro atoms. The van der Waals surface area contributed by atoms with Crippen molar-refractivity contribution in [3.63, 3.8) is 0 Å². The van der Waals surface area contributed by atoms with E-state index in [1.807, 2.05) is 29.0 Å². The minimum Gasteiger partial charge on any atom is -0.370 e. The number of rotatable bonds is 5. The number of pyridine rings is 2. The monoisotopic (exact) mass is 444 g/mol. The summed E-state index contributed by atoms with van der Waals surface area (Å²) in [6, 6.07) is 9.73. The Bertz CT molecular complexity index is 1380. The molecule has 0 aliphatic carbocycles. The van der Waals surface area contributed by atoms with Gasteiger partial charge in [-0.1, -0.05) is 13.0 Å². The minimum atomic E-state index is -0.0896. The molecule has 0 radical (unpaired) electrons. The van der Waals surface area contributed by atoms with Crippen LogP contribution < -0.4 is 15.8 Å². The molecule has 0 bridgehead atoms. The van der Waals surface area contributed by atoms with Crippen molar-refractivity contribution >= 4 is 16.9 Å². The SMILES string of the molecule is CCCNC1(C)CCN(c2ccc3nc(-c4cc5c(C)cc(C)cn5n4)cc(=O)n3c2)CC1. The van der Waals surface area contributed by atoms with Crippen molar-refractivity contribution in [1.29, 1.82) is 0 Å². The van der Waals surface area contributed by atoms with Gasteiger partial charge in [-0.3, -0.25) is 9.20 Å². The second kappa shape index (κ2) is 8.30. The molecule has 1 saturated heterocycles. The Balaban J connectivity index is 1.43. The van der Waals surface area contributed by atoms with E-state index in [1.54, 1.807) is 10.5 Å². The van der Waals surface area contributed by atoms with Crippen LogP contribution in [-0.4, -0.2) is 44.2 Å². The fourth-order valence-electron chi connectivity index (χ4n) is 4.83. The summed E-state index contributed by atoms with van der Waals surface area (Å²) in [6.45, 7) is 11.6. The molecule has 5 heterocycles. The highest BCUT2D eigenvalue weighted by molar-refractivity contribution is 5.67. The van der Waals surface area contributed by atoms with Crippen molar-refractivity contribution in [2.45, 2.75) is 52.5 Å². The largest absolute Gasteiger partial charge is 0.370 e. The summed E-state index contributed by atoms with van der Waals surface area (Å²) in [5.41, 5.74) is 6.44. The number of nitrogens with zero attached hydrogens (tertiary/aromatic N) is 5. The van der Waals surface area contributed by atoms with Gasteiger partial charge in [0.2, 0.25) is 0 Å². The van der Waals surface area contributed by atoms with Crippen LogP contribution in [0.3, 0.4) is 0 Å². The molecular weight excluding hydrogens is 412 g/mol. The van der Waals surface area contributed by atoms with Gasteiger partial charge >= 0.3 is 0 Å². The predicted octanol–water partition coefficient (Wildman–Crippen LogP) is 3.98. The van der Waals surface area contributed by atoms with E-state index in [0.29, 0.717) is 17.0 Å². The lowest BCUT2D eigenvalue weighted by Gasteiger charge is -2.41. The Labute approximate surface area is 194 Å². The second-order valence-electron chi connectivity index (χ2n) is 9.63. The zero-order valence-electron chi connectivity index (χ0n) is 19.9. The van der Waals surface area contributed by atoms with E-state index in [-0.39, 0.29) is 11.1 Å². The van der Waals surface area contributed by atoms with Crippen molar-refractivity contribution < 1.29 is 0 Å². The average molecular weight is 445 g/mol.